The van der Waals surface area contributed by atoms with Crippen LogP contribution in [0.1, 0.15) is 13.3 Å². The second-order valence-electron chi connectivity index (χ2n) is 3.98. The molecule has 6 nitrogen and oxygen atoms in total. The topological polar surface area (TPSA) is 89.9 Å². The molecule has 1 aromatic carbocycles. The number of halogens is 1. The summed E-state index contributed by atoms with van der Waals surface area (Å²) in [5.74, 6) is -2.98. The number of carbonyl (C=O) groups is 3. The molecule has 0 unspecified atom stereocenters. The van der Waals surface area contributed by atoms with Crippen molar-refractivity contribution in [3.05, 3.63) is 29.3 Å². The van der Waals surface area contributed by atoms with Crippen molar-refractivity contribution in [2.45, 2.75) is 19.4 Å². The number of carbonyl (C=O) groups excluding carboxylic acids is 2. The van der Waals surface area contributed by atoms with Crippen LogP contribution in [0, 0.1) is 0 Å². The number of rotatable bonds is 7. The van der Waals surface area contributed by atoms with Gasteiger partial charge in [0.25, 0.3) is 5.78 Å². The molecule has 0 fully saturated rings. The van der Waals surface area contributed by atoms with E-state index in [4.69, 9.17) is 21.4 Å². The molecule has 108 valence electrons. The van der Waals surface area contributed by atoms with Crippen LogP contribution in [0.15, 0.2) is 24.3 Å². The van der Waals surface area contributed by atoms with Crippen molar-refractivity contribution in [3.63, 3.8) is 0 Å². The van der Waals surface area contributed by atoms with Gasteiger partial charge in [0.1, 0.15) is 11.9 Å². The zero-order valence-electron chi connectivity index (χ0n) is 10.7. The zero-order valence-corrected chi connectivity index (χ0v) is 11.4. The van der Waals surface area contributed by atoms with Crippen molar-refractivity contribution in [3.8, 4) is 5.75 Å². The van der Waals surface area contributed by atoms with Gasteiger partial charge in [0.2, 0.25) is 0 Å². The summed E-state index contributed by atoms with van der Waals surface area (Å²) in [6, 6.07) is 6.59. The third kappa shape index (κ3) is 5.71. The highest BCUT2D eigenvalue weighted by molar-refractivity contribution is 6.33. The van der Waals surface area contributed by atoms with Gasteiger partial charge in [0.15, 0.2) is 6.61 Å². The Morgan fingerprint density at radius 1 is 1.25 bits per heavy atom. The van der Waals surface area contributed by atoms with Crippen LogP contribution in [0.2, 0.25) is 5.02 Å². The summed E-state index contributed by atoms with van der Waals surface area (Å²) in [4.78, 5) is 32.3. The average Bonchev–Trinajstić information content (AvgIpc) is 2.38. The molecule has 0 saturated carbocycles. The zero-order chi connectivity index (χ0) is 15.1. The van der Waals surface area contributed by atoms with E-state index in [2.05, 4.69) is 4.74 Å². The molecule has 0 bridgehead atoms. The summed E-state index contributed by atoms with van der Waals surface area (Å²) < 4.78 is 9.96. The van der Waals surface area contributed by atoms with E-state index >= 15 is 0 Å². The SMILES string of the molecule is C[C@H](CC(=O)OCC(=O)C(=O)O)Oc1ccc(Cl)cc1. The molecule has 0 spiro atoms. The molecule has 1 aromatic rings. The number of benzene rings is 1. The van der Waals surface area contributed by atoms with E-state index in [0.29, 0.717) is 10.8 Å². The van der Waals surface area contributed by atoms with Gasteiger partial charge < -0.3 is 14.6 Å². The van der Waals surface area contributed by atoms with Crippen molar-refractivity contribution in [1.82, 2.24) is 0 Å². The largest absolute Gasteiger partial charge is 0.490 e. The van der Waals surface area contributed by atoms with Gasteiger partial charge in [-0.1, -0.05) is 11.6 Å². The lowest BCUT2D eigenvalue weighted by atomic mass is 10.3. The Morgan fingerprint density at radius 3 is 2.40 bits per heavy atom. The Bertz CT molecular complexity index is 496. The minimum absolute atomic E-state index is 0.102. The first-order chi connectivity index (χ1) is 9.38. The van der Waals surface area contributed by atoms with E-state index in [-0.39, 0.29) is 6.42 Å². The minimum Gasteiger partial charge on any atom is -0.490 e. The van der Waals surface area contributed by atoms with Gasteiger partial charge in [0, 0.05) is 5.02 Å². The highest BCUT2D eigenvalue weighted by Gasteiger charge is 2.16. The van der Waals surface area contributed by atoms with Crippen molar-refractivity contribution in [1.29, 1.82) is 0 Å². The van der Waals surface area contributed by atoms with Crippen LogP contribution in [0.4, 0.5) is 0 Å². The summed E-state index contributed by atoms with van der Waals surface area (Å²) in [6.07, 6.45) is -0.584. The van der Waals surface area contributed by atoms with Crippen LogP contribution in [-0.4, -0.2) is 35.5 Å². The lowest BCUT2D eigenvalue weighted by Crippen LogP contribution is -2.24. The first-order valence-corrected chi connectivity index (χ1v) is 6.10. The third-order valence-electron chi connectivity index (χ3n) is 2.21. The minimum atomic E-state index is -1.64. The molecule has 7 heteroatoms. The Kier molecular flexibility index (Phi) is 5.99. The highest BCUT2D eigenvalue weighted by Crippen LogP contribution is 2.17. The predicted octanol–water partition coefficient (Wildman–Crippen LogP) is 1.69. The van der Waals surface area contributed by atoms with Crippen molar-refractivity contribution in [2.75, 3.05) is 6.61 Å². The number of Topliss-reactive ketones (excluding diaryl/α,β-unsaturated/α-hetero) is 1. The molecule has 20 heavy (non-hydrogen) atoms. The predicted molar refractivity (Wildman–Crippen MR) is 69.8 cm³/mol. The molecule has 0 aliphatic rings. The Labute approximate surface area is 120 Å². The maximum absolute atomic E-state index is 11.4. The number of ketones is 1. The fraction of sp³-hybridized carbons (Fsp3) is 0.308. The molecule has 1 N–H and O–H groups in total. The Balaban J connectivity index is 2.36. The molecule has 0 aliphatic carbocycles. The van der Waals surface area contributed by atoms with E-state index in [1.165, 1.54) is 0 Å². The van der Waals surface area contributed by atoms with Crippen LogP contribution >= 0.6 is 11.6 Å². The quantitative estimate of drug-likeness (QED) is 0.609. The first kappa shape index (κ1) is 16.0. The van der Waals surface area contributed by atoms with Gasteiger partial charge in [-0.25, -0.2) is 4.79 Å². The molecule has 1 rings (SSSR count). The van der Waals surface area contributed by atoms with Gasteiger partial charge in [-0.2, -0.15) is 0 Å². The van der Waals surface area contributed by atoms with Crippen molar-refractivity contribution < 1.29 is 29.0 Å². The second-order valence-corrected chi connectivity index (χ2v) is 4.41. The van der Waals surface area contributed by atoms with E-state index < -0.39 is 30.4 Å². The number of carboxylic acids is 1. The van der Waals surface area contributed by atoms with Crippen LogP contribution in [0.5, 0.6) is 5.75 Å². The number of carboxylic acid groups (broad SMARTS) is 1. The summed E-state index contributed by atoms with van der Waals surface area (Å²) in [7, 11) is 0. The maximum atomic E-state index is 11.4. The summed E-state index contributed by atoms with van der Waals surface area (Å²) in [5, 5.41) is 8.88. The number of esters is 1. The number of ether oxygens (including phenoxy) is 2. The molecule has 1 atom stereocenters. The van der Waals surface area contributed by atoms with Crippen LogP contribution < -0.4 is 4.74 Å². The lowest BCUT2D eigenvalue weighted by molar-refractivity contribution is -0.156. The molecule has 0 radical (unpaired) electrons. The lowest BCUT2D eigenvalue weighted by Gasteiger charge is -2.13. The molecule has 0 aromatic heterocycles. The number of hydrogen-bond acceptors (Lipinski definition) is 5. The van der Waals surface area contributed by atoms with Crippen molar-refractivity contribution in [2.24, 2.45) is 0 Å². The standard InChI is InChI=1S/C13H13ClO6/c1-8(20-10-4-2-9(14)3-5-10)6-12(16)19-7-11(15)13(17)18/h2-5,8H,6-7H2,1H3,(H,17,18)/t8-/m1/s1. The summed E-state index contributed by atoms with van der Waals surface area (Å²) >= 11 is 5.72. The molecular weight excluding hydrogens is 288 g/mol. The highest BCUT2D eigenvalue weighted by atomic mass is 35.5. The Morgan fingerprint density at radius 2 is 1.85 bits per heavy atom. The van der Waals surface area contributed by atoms with E-state index in [0.717, 1.165) is 0 Å². The fourth-order valence-corrected chi connectivity index (χ4v) is 1.41. The van der Waals surface area contributed by atoms with E-state index in [1.807, 2.05) is 0 Å². The molecule has 0 amide bonds. The number of aliphatic carboxylic acids is 1. The van der Waals surface area contributed by atoms with Crippen LogP contribution in [0.25, 0.3) is 0 Å². The van der Waals surface area contributed by atoms with Gasteiger partial charge in [-0.3, -0.25) is 9.59 Å². The number of hydrogen-bond donors (Lipinski definition) is 1. The average molecular weight is 301 g/mol. The smallest absolute Gasteiger partial charge is 0.375 e. The second kappa shape index (κ2) is 7.49. The fourth-order valence-electron chi connectivity index (χ4n) is 1.29. The third-order valence-corrected chi connectivity index (χ3v) is 2.46. The molecule has 0 aliphatic heterocycles. The van der Waals surface area contributed by atoms with Gasteiger partial charge >= 0.3 is 11.9 Å². The van der Waals surface area contributed by atoms with Crippen LogP contribution in [0.3, 0.4) is 0 Å². The van der Waals surface area contributed by atoms with Gasteiger partial charge in [0.05, 0.1) is 6.42 Å². The van der Waals surface area contributed by atoms with E-state index in [1.54, 1.807) is 31.2 Å². The summed E-state index contributed by atoms with van der Waals surface area (Å²) in [6.45, 7) is 0.872. The van der Waals surface area contributed by atoms with Gasteiger partial charge in [-0.05, 0) is 31.2 Å². The molecule has 0 saturated heterocycles. The van der Waals surface area contributed by atoms with Crippen molar-refractivity contribution >= 4 is 29.3 Å². The van der Waals surface area contributed by atoms with Gasteiger partial charge in [-0.15, -0.1) is 0 Å². The maximum Gasteiger partial charge on any atom is 0.375 e. The van der Waals surface area contributed by atoms with E-state index in [9.17, 15) is 14.4 Å². The monoisotopic (exact) mass is 300 g/mol. The summed E-state index contributed by atoms with van der Waals surface area (Å²) in [5.41, 5.74) is 0. The van der Waals surface area contributed by atoms with Crippen LogP contribution in [-0.2, 0) is 19.1 Å². The Hall–Kier alpha value is -2.08. The first-order valence-electron chi connectivity index (χ1n) is 5.72. The normalized spacial score (nSPS) is 11.5. The molecular formula is C13H13ClO6. The molecule has 0 heterocycles.